The van der Waals surface area contributed by atoms with Crippen molar-refractivity contribution in [2.75, 3.05) is 6.54 Å². The minimum atomic E-state index is 0.581. The summed E-state index contributed by atoms with van der Waals surface area (Å²) in [5.41, 5.74) is 1.47. The van der Waals surface area contributed by atoms with Crippen molar-refractivity contribution >= 4 is 0 Å². The van der Waals surface area contributed by atoms with Crippen molar-refractivity contribution in [3.8, 4) is 0 Å². The van der Waals surface area contributed by atoms with E-state index in [0.717, 1.165) is 24.9 Å². The lowest BCUT2D eigenvalue weighted by Crippen LogP contribution is -2.35. The number of nitrogens with one attached hydrogen (secondary N) is 1. The lowest BCUT2D eigenvalue weighted by molar-refractivity contribution is 0.217. The van der Waals surface area contributed by atoms with Crippen molar-refractivity contribution < 1.29 is 0 Å². The van der Waals surface area contributed by atoms with E-state index >= 15 is 0 Å². The molecule has 0 bridgehead atoms. The molecule has 1 N–H and O–H groups in total. The summed E-state index contributed by atoms with van der Waals surface area (Å²) in [6.45, 7) is 11.1. The SMILES string of the molecule is CCCC1CCC(CNC(C)C)C(c2cnn(CC)c2)C1. The second kappa shape index (κ2) is 7.98. The highest BCUT2D eigenvalue weighted by Gasteiger charge is 2.31. The predicted octanol–water partition coefficient (Wildman–Crippen LogP) is 4.20. The first-order chi connectivity index (χ1) is 10.1. The number of aromatic nitrogens is 2. The number of nitrogens with zero attached hydrogens (tertiary/aromatic N) is 2. The third-order valence-corrected chi connectivity index (χ3v) is 4.99. The Morgan fingerprint density at radius 2 is 2.14 bits per heavy atom. The summed E-state index contributed by atoms with van der Waals surface area (Å²) in [5, 5.41) is 8.16. The standard InChI is InChI=1S/C18H33N3/c1-5-7-15-8-9-16(11-19-14(3)4)18(10-15)17-12-20-21(6-2)13-17/h12-16,18-19H,5-11H2,1-4H3. The smallest absolute Gasteiger partial charge is 0.0524 e. The molecule has 1 aliphatic rings. The molecular weight excluding hydrogens is 258 g/mol. The summed E-state index contributed by atoms with van der Waals surface area (Å²) in [6, 6.07) is 0.581. The van der Waals surface area contributed by atoms with Crippen molar-refractivity contribution in [2.24, 2.45) is 11.8 Å². The van der Waals surface area contributed by atoms with E-state index < -0.39 is 0 Å². The van der Waals surface area contributed by atoms with Crippen LogP contribution >= 0.6 is 0 Å². The fourth-order valence-corrected chi connectivity index (χ4v) is 3.77. The Balaban J connectivity index is 2.07. The summed E-state index contributed by atoms with van der Waals surface area (Å²) in [6.07, 6.45) is 11.2. The third kappa shape index (κ3) is 4.57. The summed E-state index contributed by atoms with van der Waals surface area (Å²) < 4.78 is 2.08. The molecule has 1 saturated carbocycles. The minimum Gasteiger partial charge on any atom is -0.314 e. The van der Waals surface area contributed by atoms with Crippen LogP contribution in [0.1, 0.15) is 71.3 Å². The highest BCUT2D eigenvalue weighted by atomic mass is 15.3. The molecule has 0 saturated heterocycles. The van der Waals surface area contributed by atoms with Gasteiger partial charge in [0.25, 0.3) is 0 Å². The van der Waals surface area contributed by atoms with Gasteiger partial charge in [0.1, 0.15) is 0 Å². The lowest BCUT2D eigenvalue weighted by Gasteiger charge is -2.36. The highest BCUT2D eigenvalue weighted by molar-refractivity contribution is 5.14. The summed E-state index contributed by atoms with van der Waals surface area (Å²) >= 11 is 0. The Morgan fingerprint density at radius 1 is 1.33 bits per heavy atom. The molecule has 1 heterocycles. The molecule has 0 aromatic carbocycles. The van der Waals surface area contributed by atoms with E-state index in [0.29, 0.717) is 12.0 Å². The van der Waals surface area contributed by atoms with Crippen molar-refractivity contribution in [3.05, 3.63) is 18.0 Å². The average molecular weight is 291 g/mol. The maximum Gasteiger partial charge on any atom is 0.0524 e. The lowest BCUT2D eigenvalue weighted by atomic mass is 9.70. The van der Waals surface area contributed by atoms with Crippen LogP contribution in [0.4, 0.5) is 0 Å². The Kier molecular flexibility index (Phi) is 6.28. The predicted molar refractivity (Wildman–Crippen MR) is 89.5 cm³/mol. The number of hydrogen-bond acceptors (Lipinski definition) is 2. The normalized spacial score (nSPS) is 26.4. The summed E-state index contributed by atoms with van der Waals surface area (Å²) in [5.74, 6) is 2.39. The Morgan fingerprint density at radius 3 is 2.76 bits per heavy atom. The number of rotatable bonds is 7. The Hall–Kier alpha value is -0.830. The van der Waals surface area contributed by atoms with E-state index in [1.165, 1.54) is 37.7 Å². The molecule has 1 aromatic heterocycles. The van der Waals surface area contributed by atoms with Crippen molar-refractivity contribution in [1.82, 2.24) is 15.1 Å². The summed E-state index contributed by atoms with van der Waals surface area (Å²) in [7, 11) is 0. The minimum absolute atomic E-state index is 0.581. The second-order valence-electron chi connectivity index (χ2n) is 7.03. The van der Waals surface area contributed by atoms with E-state index in [2.05, 4.69) is 55.2 Å². The number of aryl methyl sites for hydroxylation is 1. The van der Waals surface area contributed by atoms with Crippen molar-refractivity contribution in [2.45, 2.75) is 78.3 Å². The first-order valence-electron chi connectivity index (χ1n) is 8.89. The first kappa shape index (κ1) is 16.5. The van der Waals surface area contributed by atoms with Crippen LogP contribution in [0.5, 0.6) is 0 Å². The van der Waals surface area contributed by atoms with Gasteiger partial charge in [-0.3, -0.25) is 4.68 Å². The van der Waals surface area contributed by atoms with Gasteiger partial charge in [0, 0.05) is 18.8 Å². The van der Waals surface area contributed by atoms with Crippen LogP contribution in [-0.2, 0) is 6.54 Å². The van der Waals surface area contributed by atoms with E-state index in [1.54, 1.807) is 0 Å². The molecule has 0 radical (unpaired) electrons. The van der Waals surface area contributed by atoms with E-state index in [4.69, 9.17) is 0 Å². The molecule has 0 amide bonds. The van der Waals surface area contributed by atoms with Gasteiger partial charge in [-0.2, -0.15) is 5.10 Å². The zero-order valence-corrected chi connectivity index (χ0v) is 14.3. The Labute approximate surface area is 130 Å². The molecule has 120 valence electrons. The van der Waals surface area contributed by atoms with Crippen LogP contribution in [0.3, 0.4) is 0 Å². The van der Waals surface area contributed by atoms with Gasteiger partial charge in [0.15, 0.2) is 0 Å². The quantitative estimate of drug-likeness (QED) is 0.816. The monoisotopic (exact) mass is 291 g/mol. The zero-order chi connectivity index (χ0) is 15.2. The molecule has 3 heteroatoms. The first-order valence-corrected chi connectivity index (χ1v) is 8.89. The van der Waals surface area contributed by atoms with Gasteiger partial charge in [-0.05, 0) is 49.6 Å². The molecule has 3 atom stereocenters. The third-order valence-electron chi connectivity index (χ3n) is 4.99. The topological polar surface area (TPSA) is 29.9 Å². The van der Waals surface area contributed by atoms with Gasteiger partial charge in [0.2, 0.25) is 0 Å². The second-order valence-corrected chi connectivity index (χ2v) is 7.03. The van der Waals surface area contributed by atoms with Crippen LogP contribution in [0.25, 0.3) is 0 Å². The fraction of sp³-hybridized carbons (Fsp3) is 0.833. The zero-order valence-electron chi connectivity index (χ0n) is 14.3. The van der Waals surface area contributed by atoms with Crippen LogP contribution in [-0.4, -0.2) is 22.4 Å². The van der Waals surface area contributed by atoms with Gasteiger partial charge in [0.05, 0.1) is 6.20 Å². The van der Waals surface area contributed by atoms with E-state index in [-0.39, 0.29) is 0 Å². The maximum absolute atomic E-state index is 4.51. The molecule has 21 heavy (non-hydrogen) atoms. The van der Waals surface area contributed by atoms with Crippen LogP contribution in [0.15, 0.2) is 12.4 Å². The number of hydrogen-bond donors (Lipinski definition) is 1. The molecule has 1 aromatic rings. The highest BCUT2D eigenvalue weighted by Crippen LogP contribution is 2.41. The molecule has 0 aliphatic heterocycles. The fourth-order valence-electron chi connectivity index (χ4n) is 3.77. The van der Waals surface area contributed by atoms with Gasteiger partial charge >= 0.3 is 0 Å². The molecular formula is C18H33N3. The largest absolute Gasteiger partial charge is 0.314 e. The van der Waals surface area contributed by atoms with Crippen molar-refractivity contribution in [3.63, 3.8) is 0 Å². The maximum atomic E-state index is 4.51. The molecule has 2 rings (SSSR count). The van der Waals surface area contributed by atoms with E-state index in [1.807, 2.05) is 0 Å². The molecule has 0 spiro atoms. The van der Waals surface area contributed by atoms with Gasteiger partial charge < -0.3 is 5.32 Å². The van der Waals surface area contributed by atoms with E-state index in [9.17, 15) is 0 Å². The Bertz CT molecular complexity index is 410. The van der Waals surface area contributed by atoms with Gasteiger partial charge in [-0.15, -0.1) is 0 Å². The van der Waals surface area contributed by atoms with Gasteiger partial charge in [-0.25, -0.2) is 0 Å². The molecule has 3 nitrogen and oxygen atoms in total. The molecule has 3 unspecified atom stereocenters. The van der Waals surface area contributed by atoms with Gasteiger partial charge in [-0.1, -0.05) is 40.0 Å². The average Bonchev–Trinajstić information content (AvgIpc) is 2.95. The van der Waals surface area contributed by atoms with Crippen LogP contribution < -0.4 is 5.32 Å². The van der Waals surface area contributed by atoms with Crippen LogP contribution in [0.2, 0.25) is 0 Å². The van der Waals surface area contributed by atoms with Crippen molar-refractivity contribution in [1.29, 1.82) is 0 Å². The molecule has 1 fully saturated rings. The summed E-state index contributed by atoms with van der Waals surface area (Å²) in [4.78, 5) is 0. The van der Waals surface area contributed by atoms with Crippen LogP contribution in [0, 0.1) is 11.8 Å². The molecule has 1 aliphatic carbocycles.